The van der Waals surface area contributed by atoms with E-state index in [-0.39, 0.29) is 6.10 Å². The van der Waals surface area contributed by atoms with E-state index in [1.54, 1.807) is 0 Å². The third-order valence-corrected chi connectivity index (χ3v) is 3.76. The summed E-state index contributed by atoms with van der Waals surface area (Å²) in [7, 11) is 0. The zero-order valence-corrected chi connectivity index (χ0v) is 11.3. The molecule has 1 aromatic heterocycles. The summed E-state index contributed by atoms with van der Waals surface area (Å²) in [5.41, 5.74) is 2.20. The minimum atomic E-state index is -0.203. The van der Waals surface area contributed by atoms with Crippen LogP contribution in [-0.2, 0) is 0 Å². The molecule has 1 aromatic rings. The second-order valence-electron chi connectivity index (χ2n) is 5.55. The van der Waals surface area contributed by atoms with E-state index < -0.39 is 0 Å². The van der Waals surface area contributed by atoms with Gasteiger partial charge in [-0.15, -0.1) is 0 Å². The first-order valence-corrected chi connectivity index (χ1v) is 7.06. The van der Waals surface area contributed by atoms with E-state index in [9.17, 15) is 5.11 Å². The molecule has 0 saturated heterocycles. The second kappa shape index (κ2) is 5.29. The monoisotopic (exact) mass is 260 g/mol. The first-order valence-electron chi connectivity index (χ1n) is 7.06. The molecule has 0 radical (unpaired) electrons. The van der Waals surface area contributed by atoms with Gasteiger partial charge in [-0.2, -0.15) is 4.98 Å². The molecule has 19 heavy (non-hydrogen) atoms. The van der Waals surface area contributed by atoms with Crippen molar-refractivity contribution in [3.63, 3.8) is 0 Å². The van der Waals surface area contributed by atoms with E-state index >= 15 is 0 Å². The highest BCUT2D eigenvalue weighted by Crippen LogP contribution is 2.34. The predicted octanol–water partition coefficient (Wildman–Crippen LogP) is 2.50. The quantitative estimate of drug-likeness (QED) is 0.903. The van der Waals surface area contributed by atoms with Crippen LogP contribution in [0.15, 0.2) is 12.3 Å². The average Bonchev–Trinajstić information content (AvgIpc) is 3.22. The molecule has 2 aliphatic rings. The SMILES string of the molecule is Cc1ncc(C2=CCC(O)CC2)c(OCC2CC2)n1. The number of aryl methyl sites for hydroxylation is 1. The van der Waals surface area contributed by atoms with Crippen molar-refractivity contribution in [2.24, 2.45) is 5.92 Å². The number of rotatable bonds is 4. The van der Waals surface area contributed by atoms with Gasteiger partial charge in [0.2, 0.25) is 5.88 Å². The van der Waals surface area contributed by atoms with Crippen LogP contribution in [0.3, 0.4) is 0 Å². The third kappa shape index (κ3) is 3.13. The van der Waals surface area contributed by atoms with Gasteiger partial charge in [-0.1, -0.05) is 6.08 Å². The lowest BCUT2D eigenvalue weighted by Crippen LogP contribution is -2.11. The molecule has 0 aromatic carbocycles. The van der Waals surface area contributed by atoms with Gasteiger partial charge in [0.25, 0.3) is 0 Å². The maximum Gasteiger partial charge on any atom is 0.224 e. The number of hydrogen-bond donors (Lipinski definition) is 1. The van der Waals surface area contributed by atoms with E-state index in [4.69, 9.17) is 4.74 Å². The molecule has 4 heteroatoms. The summed E-state index contributed by atoms with van der Waals surface area (Å²) in [6.07, 6.45) is 8.68. The van der Waals surface area contributed by atoms with Gasteiger partial charge in [-0.05, 0) is 50.5 Å². The van der Waals surface area contributed by atoms with Gasteiger partial charge in [0.15, 0.2) is 0 Å². The number of aliphatic hydroxyl groups excluding tert-OH is 1. The van der Waals surface area contributed by atoms with Gasteiger partial charge in [-0.25, -0.2) is 4.98 Å². The van der Waals surface area contributed by atoms with Crippen LogP contribution in [0, 0.1) is 12.8 Å². The molecule has 1 heterocycles. The van der Waals surface area contributed by atoms with E-state index in [2.05, 4.69) is 16.0 Å². The number of aromatic nitrogens is 2. The second-order valence-corrected chi connectivity index (χ2v) is 5.55. The molecule has 2 aliphatic carbocycles. The van der Waals surface area contributed by atoms with Crippen LogP contribution < -0.4 is 4.74 Å². The molecule has 0 aliphatic heterocycles. The predicted molar refractivity (Wildman–Crippen MR) is 72.8 cm³/mol. The third-order valence-electron chi connectivity index (χ3n) is 3.76. The van der Waals surface area contributed by atoms with Gasteiger partial charge < -0.3 is 9.84 Å². The standard InChI is InChI=1S/C15H20N2O2/c1-10-16-8-14(12-4-6-13(18)7-5-12)15(17-10)19-9-11-2-3-11/h4,8,11,13,18H,2-3,5-7,9H2,1H3. The molecule has 1 N–H and O–H groups in total. The summed E-state index contributed by atoms with van der Waals surface area (Å²) in [5, 5.41) is 9.56. The van der Waals surface area contributed by atoms with Crippen molar-refractivity contribution >= 4 is 5.57 Å². The Labute approximate surface area is 113 Å². The fourth-order valence-electron chi connectivity index (χ4n) is 2.33. The van der Waals surface area contributed by atoms with Gasteiger partial charge in [-0.3, -0.25) is 0 Å². The van der Waals surface area contributed by atoms with Crippen molar-refractivity contribution in [1.29, 1.82) is 0 Å². The van der Waals surface area contributed by atoms with Gasteiger partial charge in [0.05, 0.1) is 18.3 Å². The molecular weight excluding hydrogens is 240 g/mol. The van der Waals surface area contributed by atoms with Crippen molar-refractivity contribution in [2.75, 3.05) is 6.61 Å². The molecule has 102 valence electrons. The maximum absolute atomic E-state index is 9.56. The van der Waals surface area contributed by atoms with E-state index in [1.807, 2.05) is 13.1 Å². The minimum absolute atomic E-state index is 0.203. The summed E-state index contributed by atoms with van der Waals surface area (Å²) in [5.74, 6) is 2.17. The van der Waals surface area contributed by atoms with Crippen molar-refractivity contribution in [1.82, 2.24) is 9.97 Å². The van der Waals surface area contributed by atoms with Crippen LogP contribution >= 0.6 is 0 Å². The van der Waals surface area contributed by atoms with Crippen LogP contribution in [0.5, 0.6) is 5.88 Å². The summed E-state index contributed by atoms with van der Waals surface area (Å²) in [4.78, 5) is 8.71. The van der Waals surface area contributed by atoms with E-state index in [0.29, 0.717) is 18.2 Å². The fourth-order valence-corrected chi connectivity index (χ4v) is 2.33. The summed E-state index contributed by atoms with van der Waals surface area (Å²) in [6.45, 7) is 2.64. The number of ether oxygens (including phenoxy) is 1. The lowest BCUT2D eigenvalue weighted by atomic mass is 9.93. The fraction of sp³-hybridized carbons (Fsp3) is 0.600. The van der Waals surface area contributed by atoms with Crippen LogP contribution in [0.1, 0.15) is 43.5 Å². The molecule has 0 amide bonds. The Morgan fingerprint density at radius 2 is 2.21 bits per heavy atom. The molecule has 3 rings (SSSR count). The Bertz CT molecular complexity index is 495. The molecule has 1 saturated carbocycles. The van der Waals surface area contributed by atoms with Crippen LogP contribution in [0.4, 0.5) is 0 Å². The zero-order chi connectivity index (χ0) is 13.2. The molecule has 4 nitrogen and oxygen atoms in total. The molecule has 0 spiro atoms. The van der Waals surface area contributed by atoms with Crippen LogP contribution in [0.25, 0.3) is 5.57 Å². The topological polar surface area (TPSA) is 55.2 Å². The summed E-state index contributed by atoms with van der Waals surface area (Å²) >= 11 is 0. The summed E-state index contributed by atoms with van der Waals surface area (Å²) < 4.78 is 5.87. The van der Waals surface area contributed by atoms with Gasteiger partial charge in [0, 0.05) is 6.20 Å². The number of hydrogen-bond acceptors (Lipinski definition) is 4. The molecule has 1 unspecified atom stereocenters. The van der Waals surface area contributed by atoms with Crippen molar-refractivity contribution in [3.8, 4) is 5.88 Å². The highest BCUT2D eigenvalue weighted by molar-refractivity contribution is 5.69. The molecule has 1 atom stereocenters. The van der Waals surface area contributed by atoms with E-state index in [0.717, 1.165) is 30.8 Å². The van der Waals surface area contributed by atoms with Gasteiger partial charge in [0.1, 0.15) is 5.82 Å². The highest BCUT2D eigenvalue weighted by Gasteiger charge is 2.24. The Morgan fingerprint density at radius 3 is 2.89 bits per heavy atom. The Morgan fingerprint density at radius 1 is 1.37 bits per heavy atom. The molecule has 0 bridgehead atoms. The van der Waals surface area contributed by atoms with Gasteiger partial charge >= 0.3 is 0 Å². The minimum Gasteiger partial charge on any atom is -0.477 e. The largest absolute Gasteiger partial charge is 0.477 e. The Balaban J connectivity index is 1.82. The Hall–Kier alpha value is -1.42. The lowest BCUT2D eigenvalue weighted by molar-refractivity contribution is 0.166. The van der Waals surface area contributed by atoms with Crippen molar-refractivity contribution < 1.29 is 9.84 Å². The first kappa shape index (κ1) is 12.6. The van der Waals surface area contributed by atoms with Crippen LogP contribution in [0.2, 0.25) is 0 Å². The molecular formula is C15H20N2O2. The number of allylic oxidation sites excluding steroid dienone is 1. The Kier molecular flexibility index (Phi) is 3.51. The average molecular weight is 260 g/mol. The maximum atomic E-state index is 9.56. The highest BCUT2D eigenvalue weighted by atomic mass is 16.5. The first-order chi connectivity index (χ1) is 9.22. The lowest BCUT2D eigenvalue weighted by Gasteiger charge is -2.19. The normalized spacial score (nSPS) is 23.1. The molecule has 1 fully saturated rings. The van der Waals surface area contributed by atoms with Crippen molar-refractivity contribution in [3.05, 3.63) is 23.7 Å². The zero-order valence-electron chi connectivity index (χ0n) is 11.3. The number of aliphatic hydroxyl groups is 1. The van der Waals surface area contributed by atoms with Crippen molar-refractivity contribution in [2.45, 2.75) is 45.1 Å². The smallest absolute Gasteiger partial charge is 0.224 e. The van der Waals surface area contributed by atoms with E-state index in [1.165, 1.54) is 18.4 Å². The number of nitrogens with zero attached hydrogens (tertiary/aromatic N) is 2. The van der Waals surface area contributed by atoms with Crippen LogP contribution in [-0.4, -0.2) is 27.8 Å². The summed E-state index contributed by atoms with van der Waals surface area (Å²) in [6, 6.07) is 0.